The Morgan fingerprint density at radius 2 is 2.60 bits per heavy atom. The molecular formula is C10H12N2O2S. The lowest BCUT2D eigenvalue weighted by atomic mass is 9.97. The van der Waals surface area contributed by atoms with Gasteiger partial charge in [-0.2, -0.15) is 0 Å². The predicted octanol–water partition coefficient (Wildman–Crippen LogP) is 1.09. The molecule has 1 fully saturated rings. The zero-order valence-electron chi connectivity index (χ0n) is 8.22. The molecule has 0 spiro atoms. The number of aromatic nitrogens is 2. The summed E-state index contributed by atoms with van der Waals surface area (Å²) in [5.41, 5.74) is 0.235. The molecule has 5 heteroatoms. The maximum atomic E-state index is 10.1. The Morgan fingerprint density at radius 1 is 1.67 bits per heavy atom. The van der Waals surface area contributed by atoms with Gasteiger partial charge in [0.1, 0.15) is 0 Å². The lowest BCUT2D eigenvalue weighted by Gasteiger charge is -2.18. The maximum Gasteiger partial charge on any atom is 0.193 e. The fourth-order valence-corrected chi connectivity index (χ4v) is 2.65. The molecule has 1 N–H and O–H groups in total. The smallest absolute Gasteiger partial charge is 0.193 e. The molecule has 0 amide bonds. The van der Waals surface area contributed by atoms with Crippen molar-refractivity contribution in [1.82, 2.24) is 9.38 Å². The van der Waals surface area contributed by atoms with Gasteiger partial charge in [0.15, 0.2) is 4.96 Å². The molecule has 0 bridgehead atoms. The summed E-state index contributed by atoms with van der Waals surface area (Å²) in [5.74, 6) is 0. The average Bonchev–Trinajstić information content (AvgIpc) is 2.80. The van der Waals surface area contributed by atoms with Crippen LogP contribution in [0.1, 0.15) is 12.1 Å². The Bertz CT molecular complexity index is 442. The number of rotatable bonds is 2. The minimum atomic E-state index is -0.704. The molecular weight excluding hydrogens is 212 g/mol. The van der Waals surface area contributed by atoms with Crippen LogP contribution in [0.4, 0.5) is 0 Å². The molecule has 3 heterocycles. The predicted molar refractivity (Wildman–Crippen MR) is 57.2 cm³/mol. The van der Waals surface area contributed by atoms with Crippen LogP contribution in [0.15, 0.2) is 17.8 Å². The molecule has 1 saturated heterocycles. The second kappa shape index (κ2) is 3.30. The Kier molecular flexibility index (Phi) is 2.05. The van der Waals surface area contributed by atoms with Crippen LogP contribution < -0.4 is 0 Å². The first-order valence-electron chi connectivity index (χ1n) is 4.96. The van der Waals surface area contributed by atoms with Crippen LogP contribution >= 0.6 is 11.3 Å². The quantitative estimate of drug-likeness (QED) is 0.830. The van der Waals surface area contributed by atoms with Crippen LogP contribution in [0.25, 0.3) is 4.96 Å². The van der Waals surface area contributed by atoms with Crippen molar-refractivity contribution in [3.8, 4) is 0 Å². The van der Waals surface area contributed by atoms with Gasteiger partial charge < -0.3 is 9.84 Å². The molecule has 3 rings (SSSR count). The zero-order valence-corrected chi connectivity index (χ0v) is 9.04. The zero-order chi connectivity index (χ0) is 10.3. The topological polar surface area (TPSA) is 46.8 Å². The van der Waals surface area contributed by atoms with Gasteiger partial charge >= 0.3 is 0 Å². The molecule has 0 aliphatic carbocycles. The van der Waals surface area contributed by atoms with E-state index in [4.69, 9.17) is 4.74 Å². The Hall–Kier alpha value is -0.910. The highest BCUT2D eigenvalue weighted by Gasteiger charge is 2.33. The van der Waals surface area contributed by atoms with Gasteiger partial charge in [0.25, 0.3) is 0 Å². The van der Waals surface area contributed by atoms with Crippen LogP contribution in [-0.4, -0.2) is 33.3 Å². The van der Waals surface area contributed by atoms with Crippen LogP contribution in [0.3, 0.4) is 0 Å². The molecule has 1 unspecified atom stereocenters. The van der Waals surface area contributed by atoms with E-state index in [1.54, 1.807) is 11.3 Å². The SMILES string of the molecule is OC1(Cc2cn3ccsc3n2)CCOC1. The summed E-state index contributed by atoms with van der Waals surface area (Å²) in [6, 6.07) is 0. The number of imidazole rings is 1. The summed E-state index contributed by atoms with van der Waals surface area (Å²) < 4.78 is 7.19. The molecule has 0 saturated carbocycles. The average molecular weight is 224 g/mol. The first kappa shape index (κ1) is 9.33. The van der Waals surface area contributed by atoms with Crippen LogP contribution in [-0.2, 0) is 11.2 Å². The van der Waals surface area contributed by atoms with Gasteiger partial charge in [-0.05, 0) is 0 Å². The van der Waals surface area contributed by atoms with Crippen molar-refractivity contribution in [3.63, 3.8) is 0 Å². The molecule has 1 atom stereocenters. The van der Waals surface area contributed by atoms with Gasteiger partial charge in [-0.1, -0.05) is 0 Å². The van der Waals surface area contributed by atoms with Gasteiger partial charge in [0, 0.05) is 37.2 Å². The van der Waals surface area contributed by atoms with Crippen LogP contribution in [0, 0.1) is 0 Å². The number of thiazole rings is 1. The molecule has 1 aliphatic heterocycles. The van der Waals surface area contributed by atoms with Crippen molar-refractivity contribution in [3.05, 3.63) is 23.5 Å². The van der Waals surface area contributed by atoms with E-state index < -0.39 is 5.60 Å². The standard InChI is InChI=1S/C10H12N2O2S/c13-10(1-3-14-7-10)5-8-6-12-2-4-15-9(12)11-8/h2,4,6,13H,1,3,5,7H2. The van der Waals surface area contributed by atoms with E-state index in [0.717, 1.165) is 10.7 Å². The van der Waals surface area contributed by atoms with Gasteiger partial charge in [-0.3, -0.25) is 4.40 Å². The highest BCUT2D eigenvalue weighted by Crippen LogP contribution is 2.23. The van der Waals surface area contributed by atoms with E-state index in [1.165, 1.54) is 0 Å². The molecule has 80 valence electrons. The highest BCUT2D eigenvalue weighted by molar-refractivity contribution is 7.15. The Morgan fingerprint density at radius 3 is 3.33 bits per heavy atom. The van der Waals surface area contributed by atoms with Gasteiger partial charge in [-0.25, -0.2) is 4.98 Å². The van der Waals surface area contributed by atoms with Crippen LogP contribution in [0.2, 0.25) is 0 Å². The third-order valence-electron chi connectivity index (χ3n) is 2.74. The second-order valence-corrected chi connectivity index (χ2v) is 4.90. The number of fused-ring (bicyclic) bond motifs is 1. The van der Waals surface area contributed by atoms with E-state index in [0.29, 0.717) is 26.1 Å². The molecule has 1 aliphatic rings. The van der Waals surface area contributed by atoms with Crippen molar-refractivity contribution in [2.75, 3.05) is 13.2 Å². The summed E-state index contributed by atoms with van der Waals surface area (Å²) >= 11 is 1.60. The Labute approximate surface area is 91.1 Å². The molecule has 15 heavy (non-hydrogen) atoms. The molecule has 0 aromatic carbocycles. The van der Waals surface area contributed by atoms with Gasteiger partial charge in [-0.15, -0.1) is 11.3 Å². The number of hydrogen-bond acceptors (Lipinski definition) is 4. The van der Waals surface area contributed by atoms with Gasteiger partial charge in [0.05, 0.1) is 17.9 Å². The summed E-state index contributed by atoms with van der Waals surface area (Å²) in [4.78, 5) is 5.43. The number of hydrogen-bond donors (Lipinski definition) is 1. The number of ether oxygens (including phenoxy) is 1. The lowest BCUT2D eigenvalue weighted by Crippen LogP contribution is -2.31. The second-order valence-electron chi connectivity index (χ2n) is 4.03. The van der Waals surface area contributed by atoms with E-state index >= 15 is 0 Å². The van der Waals surface area contributed by atoms with Crippen molar-refractivity contribution < 1.29 is 9.84 Å². The number of aliphatic hydroxyl groups is 1. The minimum Gasteiger partial charge on any atom is -0.387 e. The summed E-state index contributed by atoms with van der Waals surface area (Å²) in [6.07, 6.45) is 5.24. The van der Waals surface area contributed by atoms with Crippen molar-refractivity contribution >= 4 is 16.3 Å². The summed E-state index contributed by atoms with van der Waals surface area (Å²) in [6.45, 7) is 1.08. The van der Waals surface area contributed by atoms with E-state index in [2.05, 4.69) is 4.98 Å². The fourth-order valence-electron chi connectivity index (χ4n) is 1.93. The first-order chi connectivity index (χ1) is 7.25. The summed E-state index contributed by atoms with van der Waals surface area (Å²) in [5, 5.41) is 12.1. The minimum absolute atomic E-state index is 0.429. The van der Waals surface area contributed by atoms with Crippen molar-refractivity contribution in [2.45, 2.75) is 18.4 Å². The molecule has 2 aromatic rings. The maximum absolute atomic E-state index is 10.1. The molecule has 4 nitrogen and oxygen atoms in total. The lowest BCUT2D eigenvalue weighted by molar-refractivity contribution is 0.0264. The third-order valence-corrected chi connectivity index (χ3v) is 3.51. The first-order valence-corrected chi connectivity index (χ1v) is 5.84. The van der Waals surface area contributed by atoms with Crippen LogP contribution in [0.5, 0.6) is 0 Å². The molecule has 0 radical (unpaired) electrons. The molecule has 2 aromatic heterocycles. The van der Waals surface area contributed by atoms with E-state index in [-0.39, 0.29) is 0 Å². The van der Waals surface area contributed by atoms with E-state index in [1.807, 2.05) is 22.2 Å². The fraction of sp³-hybridized carbons (Fsp3) is 0.500. The van der Waals surface area contributed by atoms with Crippen molar-refractivity contribution in [1.29, 1.82) is 0 Å². The Balaban J connectivity index is 1.85. The van der Waals surface area contributed by atoms with Gasteiger partial charge in [0.2, 0.25) is 0 Å². The summed E-state index contributed by atoms with van der Waals surface area (Å²) in [7, 11) is 0. The third kappa shape index (κ3) is 1.67. The van der Waals surface area contributed by atoms with Crippen molar-refractivity contribution in [2.24, 2.45) is 0 Å². The monoisotopic (exact) mass is 224 g/mol. The normalized spacial score (nSPS) is 26.5. The van der Waals surface area contributed by atoms with E-state index in [9.17, 15) is 5.11 Å². The largest absolute Gasteiger partial charge is 0.387 e. The number of nitrogens with zero attached hydrogens (tertiary/aromatic N) is 2. The highest BCUT2D eigenvalue weighted by atomic mass is 32.1.